The number of thioether (sulfide) groups is 1. The number of carboxylic acids is 2. The number of carbonyl (C=O) groups excluding carboxylic acids is 2. The van der Waals surface area contributed by atoms with Crippen molar-refractivity contribution in [2.24, 2.45) is 0 Å². The van der Waals surface area contributed by atoms with E-state index in [9.17, 15) is 24.3 Å². The first-order valence-corrected chi connectivity index (χ1v) is 11.7. The molecule has 3 rings (SSSR count). The molecule has 0 aliphatic heterocycles. The van der Waals surface area contributed by atoms with Gasteiger partial charge in [0.15, 0.2) is 0 Å². The van der Waals surface area contributed by atoms with E-state index >= 15 is 0 Å². The van der Waals surface area contributed by atoms with Crippen molar-refractivity contribution in [3.05, 3.63) is 88.9 Å². The molecule has 0 bridgehead atoms. The minimum Gasteiger partial charge on any atom is -0.481 e. The lowest BCUT2D eigenvalue weighted by atomic mass is 10.1. The predicted molar refractivity (Wildman–Crippen MR) is 134 cm³/mol. The maximum absolute atomic E-state index is 13.2. The monoisotopic (exact) mass is 512 g/mol. The predicted octanol–water partition coefficient (Wildman–Crippen LogP) is 5.31. The van der Waals surface area contributed by atoms with E-state index in [-0.39, 0.29) is 29.1 Å². The number of hydrogen-bond donors (Lipinski definition) is 4. The number of nitrogens with one attached hydrogen (secondary N) is 2. The Labute approximate surface area is 210 Å². The van der Waals surface area contributed by atoms with Crippen LogP contribution in [0.15, 0.2) is 77.7 Å². The molecular formula is C25H21ClN2O6S. The van der Waals surface area contributed by atoms with Gasteiger partial charge in [0, 0.05) is 17.0 Å². The SMILES string of the molecule is O=C(O)CCC(=O)Nc1ccc(SC(C(=O)Nc2cc(C(=O)O)ccc2Cl)c2ccccc2)cc1. The summed E-state index contributed by atoms with van der Waals surface area (Å²) in [6.07, 6.45) is -0.388. The van der Waals surface area contributed by atoms with Crippen LogP contribution in [0.2, 0.25) is 5.02 Å². The summed E-state index contributed by atoms with van der Waals surface area (Å²) in [6, 6.07) is 19.9. The third kappa shape index (κ3) is 7.59. The fourth-order valence-electron chi connectivity index (χ4n) is 3.05. The number of aromatic carboxylic acids is 1. The molecule has 0 aliphatic carbocycles. The van der Waals surface area contributed by atoms with Gasteiger partial charge in [0.05, 0.1) is 22.7 Å². The van der Waals surface area contributed by atoms with Gasteiger partial charge in [-0.1, -0.05) is 41.9 Å². The van der Waals surface area contributed by atoms with E-state index in [4.69, 9.17) is 16.7 Å². The van der Waals surface area contributed by atoms with Crippen molar-refractivity contribution in [1.82, 2.24) is 0 Å². The number of halogens is 1. The molecule has 3 aromatic carbocycles. The molecule has 0 radical (unpaired) electrons. The van der Waals surface area contributed by atoms with Crippen molar-refractivity contribution in [3.8, 4) is 0 Å². The molecule has 4 N–H and O–H groups in total. The maximum Gasteiger partial charge on any atom is 0.335 e. The Morgan fingerprint density at radius 3 is 2.17 bits per heavy atom. The zero-order valence-electron chi connectivity index (χ0n) is 18.2. The molecule has 0 aromatic heterocycles. The first kappa shape index (κ1) is 25.8. The second-order valence-corrected chi connectivity index (χ2v) is 8.95. The van der Waals surface area contributed by atoms with E-state index in [1.807, 2.05) is 30.3 Å². The Morgan fingerprint density at radius 1 is 0.857 bits per heavy atom. The van der Waals surface area contributed by atoms with Gasteiger partial charge < -0.3 is 20.8 Å². The van der Waals surface area contributed by atoms with Gasteiger partial charge in [-0.25, -0.2) is 4.79 Å². The van der Waals surface area contributed by atoms with Crippen molar-refractivity contribution in [3.63, 3.8) is 0 Å². The molecule has 180 valence electrons. The summed E-state index contributed by atoms with van der Waals surface area (Å²) in [5.74, 6) is -2.99. The molecule has 0 spiro atoms. The molecule has 2 amide bonds. The lowest BCUT2D eigenvalue weighted by Gasteiger charge is -2.18. The molecule has 0 saturated carbocycles. The molecule has 3 aromatic rings. The van der Waals surface area contributed by atoms with Gasteiger partial charge in [-0.15, -0.1) is 11.8 Å². The van der Waals surface area contributed by atoms with Crippen molar-refractivity contribution in [2.45, 2.75) is 23.0 Å². The van der Waals surface area contributed by atoms with Crippen molar-refractivity contribution in [1.29, 1.82) is 0 Å². The number of amides is 2. The second-order valence-electron chi connectivity index (χ2n) is 7.36. The van der Waals surface area contributed by atoms with Crippen LogP contribution in [0.1, 0.15) is 34.0 Å². The van der Waals surface area contributed by atoms with Crippen LogP contribution in [-0.2, 0) is 14.4 Å². The van der Waals surface area contributed by atoms with Gasteiger partial charge in [0.2, 0.25) is 11.8 Å². The molecule has 0 heterocycles. The van der Waals surface area contributed by atoms with Crippen LogP contribution in [-0.4, -0.2) is 34.0 Å². The molecule has 8 nitrogen and oxygen atoms in total. The number of rotatable bonds is 10. The molecule has 0 fully saturated rings. The van der Waals surface area contributed by atoms with Gasteiger partial charge in [0.1, 0.15) is 5.25 Å². The lowest BCUT2D eigenvalue weighted by molar-refractivity contribution is -0.138. The summed E-state index contributed by atoms with van der Waals surface area (Å²) >= 11 is 7.44. The Hall–Kier alpha value is -3.82. The number of anilines is 2. The van der Waals surface area contributed by atoms with E-state index in [1.54, 1.807) is 24.3 Å². The smallest absolute Gasteiger partial charge is 0.335 e. The van der Waals surface area contributed by atoms with E-state index < -0.39 is 29.0 Å². The average molecular weight is 513 g/mol. The van der Waals surface area contributed by atoms with Crippen LogP contribution in [0.25, 0.3) is 0 Å². The minimum absolute atomic E-state index is 0.00500. The normalized spacial score (nSPS) is 11.3. The quantitative estimate of drug-likeness (QED) is 0.270. The summed E-state index contributed by atoms with van der Waals surface area (Å²) in [7, 11) is 0. The summed E-state index contributed by atoms with van der Waals surface area (Å²) in [5.41, 5.74) is 1.42. The second kappa shape index (κ2) is 12.0. The van der Waals surface area contributed by atoms with E-state index in [1.165, 1.54) is 30.0 Å². The first-order chi connectivity index (χ1) is 16.7. The van der Waals surface area contributed by atoms with E-state index in [0.29, 0.717) is 5.69 Å². The first-order valence-electron chi connectivity index (χ1n) is 10.4. The fourth-order valence-corrected chi connectivity index (χ4v) is 4.24. The van der Waals surface area contributed by atoms with Crippen LogP contribution < -0.4 is 10.6 Å². The molecule has 10 heteroatoms. The minimum atomic E-state index is -1.14. The van der Waals surface area contributed by atoms with Crippen molar-refractivity contribution in [2.75, 3.05) is 10.6 Å². The topological polar surface area (TPSA) is 133 Å². The Kier molecular flexibility index (Phi) is 8.88. The fraction of sp³-hybridized carbons (Fsp3) is 0.120. The Bertz CT molecular complexity index is 1230. The summed E-state index contributed by atoms with van der Waals surface area (Å²) in [4.78, 5) is 47.7. The zero-order chi connectivity index (χ0) is 25.4. The molecule has 1 unspecified atom stereocenters. The molecule has 1 atom stereocenters. The highest BCUT2D eigenvalue weighted by Gasteiger charge is 2.23. The number of hydrogen-bond acceptors (Lipinski definition) is 5. The number of carboxylic acid groups (broad SMARTS) is 2. The van der Waals surface area contributed by atoms with Gasteiger partial charge >= 0.3 is 11.9 Å². The van der Waals surface area contributed by atoms with Crippen LogP contribution in [0, 0.1) is 0 Å². The van der Waals surface area contributed by atoms with Gasteiger partial charge in [-0.3, -0.25) is 14.4 Å². The molecule has 35 heavy (non-hydrogen) atoms. The average Bonchev–Trinajstić information content (AvgIpc) is 2.84. The Morgan fingerprint density at radius 2 is 1.54 bits per heavy atom. The number of aliphatic carboxylic acids is 1. The van der Waals surface area contributed by atoms with Gasteiger partial charge in [-0.2, -0.15) is 0 Å². The van der Waals surface area contributed by atoms with E-state index in [2.05, 4.69) is 10.6 Å². The van der Waals surface area contributed by atoms with Crippen LogP contribution in [0.4, 0.5) is 11.4 Å². The Balaban J connectivity index is 1.77. The zero-order valence-corrected chi connectivity index (χ0v) is 19.8. The third-order valence-corrected chi connectivity index (χ3v) is 6.37. The highest BCUT2D eigenvalue weighted by molar-refractivity contribution is 8.00. The lowest BCUT2D eigenvalue weighted by Crippen LogP contribution is -2.19. The summed E-state index contributed by atoms with van der Waals surface area (Å²) in [5, 5.41) is 22.8. The van der Waals surface area contributed by atoms with Crippen molar-refractivity contribution < 1.29 is 29.4 Å². The number of benzene rings is 3. The maximum atomic E-state index is 13.2. The van der Waals surface area contributed by atoms with Crippen LogP contribution >= 0.6 is 23.4 Å². The van der Waals surface area contributed by atoms with Crippen molar-refractivity contribution >= 4 is 58.5 Å². The summed E-state index contributed by atoms with van der Waals surface area (Å²) < 4.78 is 0. The molecular weight excluding hydrogens is 492 g/mol. The largest absolute Gasteiger partial charge is 0.481 e. The highest BCUT2D eigenvalue weighted by atomic mass is 35.5. The van der Waals surface area contributed by atoms with Gasteiger partial charge in [-0.05, 0) is 48.0 Å². The number of carbonyl (C=O) groups is 4. The van der Waals surface area contributed by atoms with E-state index in [0.717, 1.165) is 10.5 Å². The standard InChI is InChI=1S/C25H21ClN2O6S/c26-19-11-6-16(25(33)34)14-20(19)28-24(32)23(15-4-2-1-3-5-15)35-18-9-7-17(8-10-18)27-21(29)12-13-22(30)31/h1-11,14,23H,12-13H2,(H,27,29)(H,28,32)(H,30,31)(H,33,34). The molecule has 0 aliphatic rings. The third-order valence-electron chi connectivity index (χ3n) is 4.77. The highest BCUT2D eigenvalue weighted by Crippen LogP contribution is 2.37. The molecule has 0 saturated heterocycles. The van der Waals surface area contributed by atoms with Crippen LogP contribution in [0.3, 0.4) is 0 Å². The summed E-state index contributed by atoms with van der Waals surface area (Å²) in [6.45, 7) is 0. The van der Waals surface area contributed by atoms with Crippen LogP contribution in [0.5, 0.6) is 0 Å². The van der Waals surface area contributed by atoms with Gasteiger partial charge in [0.25, 0.3) is 0 Å².